The third-order valence-electron chi connectivity index (χ3n) is 4.30. The number of carbonyl (C=O) groups is 1. The van der Waals surface area contributed by atoms with E-state index in [9.17, 15) is 10.1 Å². The SMILES string of the molecule is CC1(C)CC(N/C=C(/C#N)C(=O)N2CCOCC2)CC(C)(C)N1. The quantitative estimate of drug-likeness (QED) is 0.602. The molecule has 0 spiro atoms. The lowest BCUT2D eigenvalue weighted by atomic mass is 9.79. The molecule has 128 valence electrons. The van der Waals surface area contributed by atoms with Crippen LogP contribution in [0, 0.1) is 11.3 Å². The van der Waals surface area contributed by atoms with Gasteiger partial charge >= 0.3 is 0 Å². The molecule has 0 aromatic carbocycles. The van der Waals surface area contributed by atoms with Gasteiger partial charge in [0.1, 0.15) is 11.6 Å². The fourth-order valence-electron chi connectivity index (χ4n) is 3.72. The standard InChI is InChI=1S/C17H28N4O2/c1-16(2)9-14(10-17(3,4)20-16)19-12-13(11-18)15(22)21-5-7-23-8-6-21/h12,14,19-20H,5-10H2,1-4H3/b13-12-. The van der Waals surface area contributed by atoms with Crippen molar-refractivity contribution in [3.63, 3.8) is 0 Å². The fourth-order valence-corrected chi connectivity index (χ4v) is 3.72. The number of piperidine rings is 1. The van der Waals surface area contributed by atoms with Gasteiger partial charge in [-0.3, -0.25) is 4.79 Å². The van der Waals surface area contributed by atoms with Crippen LogP contribution in [0.3, 0.4) is 0 Å². The maximum absolute atomic E-state index is 12.4. The number of rotatable bonds is 3. The monoisotopic (exact) mass is 320 g/mol. The molecule has 2 saturated heterocycles. The van der Waals surface area contributed by atoms with Crippen LogP contribution in [0.25, 0.3) is 0 Å². The number of nitrogens with zero attached hydrogens (tertiary/aromatic N) is 2. The Morgan fingerprint density at radius 2 is 1.83 bits per heavy atom. The molecule has 0 radical (unpaired) electrons. The first-order valence-corrected chi connectivity index (χ1v) is 8.25. The molecule has 2 fully saturated rings. The van der Waals surface area contributed by atoms with Gasteiger partial charge in [0.05, 0.1) is 13.2 Å². The van der Waals surface area contributed by atoms with E-state index < -0.39 is 0 Å². The molecule has 0 atom stereocenters. The highest BCUT2D eigenvalue weighted by Crippen LogP contribution is 2.28. The summed E-state index contributed by atoms with van der Waals surface area (Å²) in [6, 6.07) is 2.27. The fraction of sp³-hybridized carbons (Fsp3) is 0.765. The Labute approximate surface area is 138 Å². The normalized spacial score (nSPS) is 24.8. The Kier molecular flexibility index (Phi) is 5.33. The molecule has 0 bridgehead atoms. The van der Waals surface area contributed by atoms with Crippen molar-refractivity contribution in [2.24, 2.45) is 0 Å². The molecule has 0 aliphatic carbocycles. The van der Waals surface area contributed by atoms with Gasteiger partial charge in [0.2, 0.25) is 0 Å². The topological polar surface area (TPSA) is 77.4 Å². The first kappa shape index (κ1) is 17.8. The Morgan fingerprint density at radius 3 is 2.35 bits per heavy atom. The summed E-state index contributed by atoms with van der Waals surface area (Å²) in [5.41, 5.74) is 0.212. The van der Waals surface area contributed by atoms with E-state index >= 15 is 0 Å². The average molecular weight is 320 g/mol. The minimum Gasteiger partial charge on any atom is -0.387 e. The summed E-state index contributed by atoms with van der Waals surface area (Å²) in [5.74, 6) is -0.212. The highest BCUT2D eigenvalue weighted by molar-refractivity contribution is 5.97. The minimum absolute atomic E-state index is 0.0221. The van der Waals surface area contributed by atoms with Crippen LogP contribution in [0.15, 0.2) is 11.8 Å². The molecule has 6 heteroatoms. The lowest BCUT2D eigenvalue weighted by molar-refractivity contribution is -0.130. The molecule has 2 aliphatic heterocycles. The van der Waals surface area contributed by atoms with Gasteiger partial charge < -0.3 is 20.3 Å². The highest BCUT2D eigenvalue weighted by Gasteiger charge is 2.37. The van der Waals surface area contributed by atoms with E-state index in [-0.39, 0.29) is 28.6 Å². The maximum atomic E-state index is 12.4. The third kappa shape index (κ3) is 4.95. The van der Waals surface area contributed by atoms with Gasteiger partial charge in [-0.15, -0.1) is 0 Å². The van der Waals surface area contributed by atoms with Crippen molar-refractivity contribution in [1.29, 1.82) is 5.26 Å². The van der Waals surface area contributed by atoms with Crippen molar-refractivity contribution in [1.82, 2.24) is 15.5 Å². The average Bonchev–Trinajstić information content (AvgIpc) is 2.45. The van der Waals surface area contributed by atoms with Crippen LogP contribution in [0.5, 0.6) is 0 Å². The molecule has 0 aromatic heterocycles. The molecule has 1 amide bonds. The molecule has 0 unspecified atom stereocenters. The molecule has 6 nitrogen and oxygen atoms in total. The number of carbonyl (C=O) groups excluding carboxylic acids is 1. The van der Waals surface area contributed by atoms with Crippen molar-refractivity contribution < 1.29 is 9.53 Å². The van der Waals surface area contributed by atoms with E-state index in [1.54, 1.807) is 11.1 Å². The molecule has 23 heavy (non-hydrogen) atoms. The van der Waals surface area contributed by atoms with Gasteiger partial charge in [-0.25, -0.2) is 0 Å². The summed E-state index contributed by atoms with van der Waals surface area (Å²) in [6.45, 7) is 10.9. The smallest absolute Gasteiger partial charge is 0.266 e. The summed E-state index contributed by atoms with van der Waals surface area (Å²) in [6.07, 6.45) is 3.48. The van der Waals surface area contributed by atoms with Gasteiger partial charge in [-0.2, -0.15) is 5.26 Å². The van der Waals surface area contributed by atoms with E-state index in [1.165, 1.54) is 0 Å². The van der Waals surface area contributed by atoms with Crippen LogP contribution >= 0.6 is 0 Å². The summed E-state index contributed by atoms with van der Waals surface area (Å²) >= 11 is 0. The van der Waals surface area contributed by atoms with Crippen LogP contribution in [0.4, 0.5) is 0 Å². The zero-order valence-electron chi connectivity index (χ0n) is 14.6. The number of morpholine rings is 1. The zero-order chi connectivity index (χ0) is 17.1. The van der Waals surface area contributed by atoms with Gasteiger partial charge in [-0.1, -0.05) is 0 Å². The lowest BCUT2D eigenvalue weighted by Gasteiger charge is -2.46. The molecule has 0 aromatic rings. The van der Waals surface area contributed by atoms with E-state index in [2.05, 4.69) is 38.3 Å². The second-order valence-corrected chi connectivity index (χ2v) is 7.74. The number of amides is 1. The summed E-state index contributed by atoms with van der Waals surface area (Å²) < 4.78 is 5.25. The largest absolute Gasteiger partial charge is 0.387 e. The molecule has 0 saturated carbocycles. The molecular formula is C17H28N4O2. The number of hydrogen-bond donors (Lipinski definition) is 2. The number of ether oxygens (including phenoxy) is 1. The summed E-state index contributed by atoms with van der Waals surface area (Å²) in [7, 11) is 0. The van der Waals surface area contributed by atoms with Crippen LogP contribution < -0.4 is 10.6 Å². The van der Waals surface area contributed by atoms with E-state index in [0.717, 1.165) is 12.8 Å². The van der Waals surface area contributed by atoms with Gasteiger partial charge in [0, 0.05) is 36.4 Å². The highest BCUT2D eigenvalue weighted by atomic mass is 16.5. The van der Waals surface area contributed by atoms with Crippen LogP contribution in [0.1, 0.15) is 40.5 Å². The van der Waals surface area contributed by atoms with E-state index in [0.29, 0.717) is 26.3 Å². The third-order valence-corrected chi connectivity index (χ3v) is 4.30. The van der Waals surface area contributed by atoms with Crippen molar-refractivity contribution in [3.05, 3.63) is 11.8 Å². The Bertz CT molecular complexity index is 497. The predicted octanol–water partition coefficient (Wildman–Crippen LogP) is 1.15. The summed E-state index contributed by atoms with van der Waals surface area (Å²) in [4.78, 5) is 14.1. The van der Waals surface area contributed by atoms with Crippen LogP contribution in [-0.4, -0.2) is 54.2 Å². The van der Waals surface area contributed by atoms with Crippen molar-refractivity contribution in [2.45, 2.75) is 57.7 Å². The second-order valence-electron chi connectivity index (χ2n) is 7.74. The Balaban J connectivity index is 2.01. The van der Waals surface area contributed by atoms with Crippen LogP contribution in [0.2, 0.25) is 0 Å². The van der Waals surface area contributed by atoms with Gasteiger partial charge in [0.25, 0.3) is 5.91 Å². The van der Waals surface area contributed by atoms with Crippen molar-refractivity contribution in [3.8, 4) is 6.07 Å². The molecule has 2 aliphatic rings. The number of hydrogen-bond acceptors (Lipinski definition) is 5. The number of nitrogens with one attached hydrogen (secondary N) is 2. The van der Waals surface area contributed by atoms with Crippen molar-refractivity contribution in [2.75, 3.05) is 26.3 Å². The van der Waals surface area contributed by atoms with Crippen LogP contribution in [-0.2, 0) is 9.53 Å². The van der Waals surface area contributed by atoms with E-state index in [4.69, 9.17) is 4.74 Å². The Hall–Kier alpha value is -1.58. The van der Waals surface area contributed by atoms with Gasteiger partial charge in [-0.05, 0) is 40.5 Å². The lowest BCUT2D eigenvalue weighted by Crippen LogP contribution is -2.61. The summed E-state index contributed by atoms with van der Waals surface area (Å²) in [5, 5.41) is 16.2. The molecule has 2 rings (SSSR count). The Morgan fingerprint density at radius 1 is 1.26 bits per heavy atom. The molecule has 2 heterocycles. The van der Waals surface area contributed by atoms with Crippen molar-refractivity contribution >= 4 is 5.91 Å². The molecular weight excluding hydrogens is 292 g/mol. The predicted molar refractivity (Wildman–Crippen MR) is 88.5 cm³/mol. The van der Waals surface area contributed by atoms with E-state index in [1.807, 2.05) is 6.07 Å². The maximum Gasteiger partial charge on any atom is 0.266 e. The van der Waals surface area contributed by atoms with Gasteiger partial charge in [0.15, 0.2) is 0 Å². The first-order valence-electron chi connectivity index (χ1n) is 8.25. The first-order chi connectivity index (χ1) is 10.7. The zero-order valence-corrected chi connectivity index (χ0v) is 14.6. The second kappa shape index (κ2) is 6.90. The number of nitriles is 1. The minimum atomic E-state index is -0.212. The molecule has 2 N–H and O–H groups in total.